The minimum Gasteiger partial charge on any atom is -0.487 e. The number of ether oxygens (including phenoxy) is 2. The minimum absolute atomic E-state index is 0.0612. The van der Waals surface area contributed by atoms with Crippen molar-refractivity contribution in [3.8, 4) is 5.75 Å². The zero-order valence-electron chi connectivity index (χ0n) is 11.7. The standard InChI is InChI=1S/C15H19F2NO2S/c16-11-8-14(12(17)7-13(11)18)20-10-1-4-19-15(9-10)2-5-21-6-3-15/h7-8,10H,1-6,9,18H2. The summed E-state index contributed by atoms with van der Waals surface area (Å²) in [6.45, 7) is 0.606. The highest BCUT2D eigenvalue weighted by atomic mass is 32.2. The van der Waals surface area contributed by atoms with Crippen molar-refractivity contribution >= 4 is 17.4 Å². The van der Waals surface area contributed by atoms with Crippen molar-refractivity contribution < 1.29 is 18.3 Å². The second kappa shape index (κ2) is 6.01. The van der Waals surface area contributed by atoms with Gasteiger partial charge in [-0.3, -0.25) is 0 Å². The third-order valence-corrected chi connectivity index (χ3v) is 5.18. The predicted octanol–water partition coefficient (Wildman–Crippen LogP) is 3.37. The molecule has 2 N–H and O–H groups in total. The van der Waals surface area contributed by atoms with Gasteiger partial charge in [-0.25, -0.2) is 8.78 Å². The molecule has 21 heavy (non-hydrogen) atoms. The quantitative estimate of drug-likeness (QED) is 0.850. The summed E-state index contributed by atoms with van der Waals surface area (Å²) in [6, 6.07) is 2.00. The van der Waals surface area contributed by atoms with Gasteiger partial charge in [0.1, 0.15) is 11.9 Å². The maximum absolute atomic E-state index is 13.8. The predicted molar refractivity (Wildman–Crippen MR) is 79.7 cm³/mol. The molecular weight excluding hydrogens is 296 g/mol. The summed E-state index contributed by atoms with van der Waals surface area (Å²) in [5, 5.41) is 0. The number of rotatable bonds is 2. The van der Waals surface area contributed by atoms with E-state index in [1.165, 1.54) is 0 Å². The smallest absolute Gasteiger partial charge is 0.167 e. The maximum atomic E-state index is 13.8. The largest absolute Gasteiger partial charge is 0.487 e. The van der Waals surface area contributed by atoms with Crippen LogP contribution < -0.4 is 10.5 Å². The van der Waals surface area contributed by atoms with Gasteiger partial charge in [-0.05, 0) is 24.3 Å². The molecule has 2 heterocycles. The van der Waals surface area contributed by atoms with E-state index < -0.39 is 11.6 Å². The Hall–Kier alpha value is -1.01. The molecule has 0 aliphatic carbocycles. The highest BCUT2D eigenvalue weighted by molar-refractivity contribution is 7.99. The molecule has 1 atom stereocenters. The Morgan fingerprint density at radius 2 is 2.00 bits per heavy atom. The molecule has 1 aromatic carbocycles. The Morgan fingerprint density at radius 3 is 2.76 bits per heavy atom. The van der Waals surface area contributed by atoms with Crippen molar-refractivity contribution in [2.24, 2.45) is 0 Å². The summed E-state index contributed by atoms with van der Waals surface area (Å²) in [7, 11) is 0. The summed E-state index contributed by atoms with van der Waals surface area (Å²) < 4.78 is 38.9. The highest BCUT2D eigenvalue weighted by Gasteiger charge is 2.39. The van der Waals surface area contributed by atoms with Crippen molar-refractivity contribution in [1.82, 2.24) is 0 Å². The van der Waals surface area contributed by atoms with Crippen LogP contribution in [0.15, 0.2) is 12.1 Å². The number of benzene rings is 1. The topological polar surface area (TPSA) is 44.5 Å². The molecule has 2 aliphatic rings. The molecule has 2 fully saturated rings. The average molecular weight is 315 g/mol. The van der Waals surface area contributed by atoms with Crippen molar-refractivity contribution in [1.29, 1.82) is 0 Å². The van der Waals surface area contributed by atoms with Crippen LogP contribution in [0.5, 0.6) is 5.75 Å². The van der Waals surface area contributed by atoms with Crippen LogP contribution >= 0.6 is 11.8 Å². The molecule has 0 radical (unpaired) electrons. The number of anilines is 1. The number of nitrogen functional groups attached to an aromatic ring is 1. The van der Waals surface area contributed by atoms with E-state index in [-0.39, 0.29) is 23.1 Å². The molecule has 1 unspecified atom stereocenters. The molecule has 2 aliphatic heterocycles. The number of nitrogens with two attached hydrogens (primary N) is 1. The SMILES string of the molecule is Nc1cc(F)c(OC2CCOC3(CCSCC3)C2)cc1F. The fraction of sp³-hybridized carbons (Fsp3) is 0.600. The van der Waals surface area contributed by atoms with Crippen LogP contribution in [0.4, 0.5) is 14.5 Å². The second-order valence-electron chi connectivity index (χ2n) is 5.68. The van der Waals surface area contributed by atoms with Crippen molar-refractivity contribution in [2.75, 3.05) is 23.8 Å². The van der Waals surface area contributed by atoms with E-state index in [0.717, 1.165) is 42.9 Å². The second-order valence-corrected chi connectivity index (χ2v) is 6.91. The Bertz CT molecular complexity index is 515. The molecule has 2 saturated heterocycles. The van der Waals surface area contributed by atoms with E-state index in [1.54, 1.807) is 0 Å². The molecule has 3 nitrogen and oxygen atoms in total. The molecule has 1 spiro atoms. The van der Waals surface area contributed by atoms with Gasteiger partial charge in [0.25, 0.3) is 0 Å². The van der Waals surface area contributed by atoms with Gasteiger partial charge in [0.05, 0.1) is 17.9 Å². The van der Waals surface area contributed by atoms with E-state index >= 15 is 0 Å². The van der Waals surface area contributed by atoms with Gasteiger partial charge in [-0.2, -0.15) is 11.8 Å². The molecule has 0 amide bonds. The summed E-state index contributed by atoms with van der Waals surface area (Å²) in [4.78, 5) is 0. The van der Waals surface area contributed by atoms with Gasteiger partial charge in [0.15, 0.2) is 11.6 Å². The summed E-state index contributed by atoms with van der Waals surface area (Å²) in [6.07, 6.45) is 3.28. The zero-order chi connectivity index (χ0) is 14.9. The Labute approximate surface area is 127 Å². The van der Waals surface area contributed by atoms with Gasteiger partial charge in [0.2, 0.25) is 0 Å². The normalized spacial score (nSPS) is 25.0. The monoisotopic (exact) mass is 315 g/mol. The number of hydrogen-bond donors (Lipinski definition) is 1. The van der Waals surface area contributed by atoms with Crippen LogP contribution in [0.3, 0.4) is 0 Å². The highest BCUT2D eigenvalue weighted by Crippen LogP contribution is 2.39. The first-order chi connectivity index (χ1) is 10.1. The Kier molecular flexibility index (Phi) is 4.26. The lowest BCUT2D eigenvalue weighted by molar-refractivity contribution is -0.116. The fourth-order valence-corrected chi connectivity index (χ4v) is 4.23. The number of halogens is 2. The van der Waals surface area contributed by atoms with E-state index in [9.17, 15) is 8.78 Å². The first-order valence-corrected chi connectivity index (χ1v) is 8.36. The number of hydrogen-bond acceptors (Lipinski definition) is 4. The first kappa shape index (κ1) is 14.9. The first-order valence-electron chi connectivity index (χ1n) is 7.21. The summed E-state index contributed by atoms with van der Waals surface area (Å²) in [5.41, 5.74) is 5.00. The molecule has 0 bridgehead atoms. The molecular formula is C15H19F2NO2S. The van der Waals surface area contributed by atoms with Gasteiger partial charge in [-0.15, -0.1) is 0 Å². The molecule has 116 valence electrons. The van der Waals surface area contributed by atoms with E-state index in [4.69, 9.17) is 15.2 Å². The molecule has 1 aromatic rings. The third-order valence-electron chi connectivity index (χ3n) is 4.20. The molecule has 6 heteroatoms. The zero-order valence-corrected chi connectivity index (χ0v) is 12.6. The van der Waals surface area contributed by atoms with Crippen LogP contribution in [0.2, 0.25) is 0 Å². The summed E-state index contributed by atoms with van der Waals surface area (Å²) in [5.74, 6) is 0.833. The van der Waals surface area contributed by atoms with Crippen molar-refractivity contribution in [3.05, 3.63) is 23.8 Å². The van der Waals surface area contributed by atoms with Crippen LogP contribution in [0.1, 0.15) is 25.7 Å². The van der Waals surface area contributed by atoms with E-state index in [1.807, 2.05) is 11.8 Å². The lowest BCUT2D eigenvalue weighted by atomic mass is 9.86. The lowest BCUT2D eigenvalue weighted by Gasteiger charge is -2.43. The molecule has 3 rings (SSSR count). The van der Waals surface area contributed by atoms with E-state index in [0.29, 0.717) is 13.0 Å². The Balaban J connectivity index is 1.71. The Morgan fingerprint density at radius 1 is 1.24 bits per heavy atom. The molecule has 0 aromatic heterocycles. The van der Waals surface area contributed by atoms with Crippen molar-refractivity contribution in [2.45, 2.75) is 37.4 Å². The van der Waals surface area contributed by atoms with Crippen molar-refractivity contribution in [3.63, 3.8) is 0 Å². The maximum Gasteiger partial charge on any atom is 0.167 e. The van der Waals surface area contributed by atoms with Crippen LogP contribution in [-0.2, 0) is 4.74 Å². The fourth-order valence-electron chi connectivity index (χ4n) is 2.99. The van der Waals surface area contributed by atoms with Crippen LogP contribution in [-0.4, -0.2) is 29.8 Å². The lowest BCUT2D eigenvalue weighted by Crippen LogP contribution is -2.46. The van der Waals surface area contributed by atoms with Gasteiger partial charge >= 0.3 is 0 Å². The minimum atomic E-state index is -0.651. The van der Waals surface area contributed by atoms with E-state index in [2.05, 4.69) is 0 Å². The van der Waals surface area contributed by atoms with Crippen LogP contribution in [0.25, 0.3) is 0 Å². The summed E-state index contributed by atoms with van der Waals surface area (Å²) >= 11 is 1.93. The van der Waals surface area contributed by atoms with Gasteiger partial charge in [0, 0.05) is 25.0 Å². The third kappa shape index (κ3) is 3.26. The van der Waals surface area contributed by atoms with Gasteiger partial charge < -0.3 is 15.2 Å². The molecule has 0 saturated carbocycles. The van der Waals surface area contributed by atoms with Gasteiger partial charge in [-0.1, -0.05) is 0 Å². The number of thioether (sulfide) groups is 1. The van der Waals surface area contributed by atoms with Crippen LogP contribution in [0, 0.1) is 11.6 Å². The average Bonchev–Trinajstić information content (AvgIpc) is 2.46.